The van der Waals surface area contributed by atoms with Crippen LogP contribution in [0.2, 0.25) is 0 Å². The smallest absolute Gasteiger partial charge is 0.319 e. The number of urea groups is 1. The maximum absolute atomic E-state index is 12.2. The van der Waals surface area contributed by atoms with E-state index in [9.17, 15) is 9.00 Å². The molecule has 1 aromatic carbocycles. The predicted molar refractivity (Wildman–Crippen MR) is 94.6 cm³/mol. The average Bonchev–Trinajstić information content (AvgIpc) is 2.54. The number of methoxy groups -OCH3 is 1. The van der Waals surface area contributed by atoms with Crippen molar-refractivity contribution in [1.82, 2.24) is 5.32 Å². The Bertz CT molecular complexity index is 577. The second kappa shape index (κ2) is 8.34. The third-order valence-corrected chi connectivity index (χ3v) is 6.01. The highest BCUT2D eigenvalue weighted by molar-refractivity contribution is 7.85. The molecule has 3 atom stereocenters. The molecule has 1 aliphatic rings. The van der Waals surface area contributed by atoms with Gasteiger partial charge < -0.3 is 15.4 Å². The maximum Gasteiger partial charge on any atom is 0.319 e. The lowest BCUT2D eigenvalue weighted by molar-refractivity contribution is 0.244. The number of carbonyl (C=O) groups excluding carboxylic acids is 1. The minimum Gasteiger partial charge on any atom is -0.496 e. The SMILES string of the molecule is CCS(=O)C1CCCC(NC(=O)Nc2ccc(OC)c(C)c2)C1. The van der Waals surface area contributed by atoms with Crippen molar-refractivity contribution < 1.29 is 13.7 Å². The standard InChI is InChI=1S/C17H26N2O3S/c1-4-23(21)15-7-5-6-13(11-15)18-17(20)19-14-8-9-16(22-3)12(2)10-14/h8-10,13,15H,4-7,11H2,1-3H3,(H2,18,19,20). The van der Waals surface area contributed by atoms with E-state index in [0.717, 1.165) is 42.7 Å². The molecule has 0 saturated heterocycles. The summed E-state index contributed by atoms with van der Waals surface area (Å²) in [5.74, 6) is 1.49. The van der Waals surface area contributed by atoms with Crippen LogP contribution in [0.4, 0.5) is 10.5 Å². The van der Waals surface area contributed by atoms with Gasteiger partial charge in [0.05, 0.1) is 7.11 Å². The Morgan fingerprint density at radius 3 is 2.83 bits per heavy atom. The molecular formula is C17H26N2O3S. The van der Waals surface area contributed by atoms with Crippen LogP contribution in [0.25, 0.3) is 0 Å². The van der Waals surface area contributed by atoms with E-state index in [-0.39, 0.29) is 17.3 Å². The third-order valence-electron chi connectivity index (χ3n) is 4.27. The molecule has 23 heavy (non-hydrogen) atoms. The van der Waals surface area contributed by atoms with Crippen molar-refractivity contribution in [3.63, 3.8) is 0 Å². The summed E-state index contributed by atoms with van der Waals surface area (Å²) in [7, 11) is 0.848. The summed E-state index contributed by atoms with van der Waals surface area (Å²) in [5.41, 5.74) is 1.71. The number of ether oxygens (including phenoxy) is 1. The predicted octanol–water partition coefficient (Wildman–Crippen LogP) is 3.20. The highest BCUT2D eigenvalue weighted by atomic mass is 32.2. The van der Waals surface area contributed by atoms with Gasteiger partial charge in [-0.2, -0.15) is 0 Å². The van der Waals surface area contributed by atoms with Crippen molar-refractivity contribution in [3.05, 3.63) is 23.8 Å². The molecule has 1 saturated carbocycles. The monoisotopic (exact) mass is 338 g/mol. The zero-order valence-electron chi connectivity index (χ0n) is 14.1. The first-order valence-corrected chi connectivity index (χ1v) is 9.51. The Balaban J connectivity index is 1.89. The van der Waals surface area contributed by atoms with Crippen molar-refractivity contribution in [2.45, 2.75) is 50.8 Å². The van der Waals surface area contributed by atoms with E-state index in [1.807, 2.05) is 32.0 Å². The van der Waals surface area contributed by atoms with Gasteiger partial charge in [-0.25, -0.2) is 4.79 Å². The second-order valence-corrected chi connectivity index (χ2v) is 7.94. The second-order valence-electron chi connectivity index (χ2n) is 5.94. The Kier molecular flexibility index (Phi) is 6.45. The van der Waals surface area contributed by atoms with Crippen molar-refractivity contribution in [2.75, 3.05) is 18.2 Å². The zero-order valence-corrected chi connectivity index (χ0v) is 14.9. The van der Waals surface area contributed by atoms with Crippen molar-refractivity contribution in [1.29, 1.82) is 0 Å². The number of nitrogens with one attached hydrogen (secondary N) is 2. The number of hydrogen-bond donors (Lipinski definition) is 2. The first-order valence-electron chi connectivity index (χ1n) is 8.12. The number of hydrogen-bond acceptors (Lipinski definition) is 3. The molecule has 6 heteroatoms. The van der Waals surface area contributed by atoms with E-state index in [1.165, 1.54) is 0 Å². The Morgan fingerprint density at radius 1 is 1.39 bits per heavy atom. The van der Waals surface area contributed by atoms with E-state index in [1.54, 1.807) is 7.11 Å². The molecule has 3 unspecified atom stereocenters. The van der Waals surface area contributed by atoms with Crippen LogP contribution < -0.4 is 15.4 Å². The maximum atomic E-state index is 12.2. The summed E-state index contributed by atoms with van der Waals surface area (Å²) in [6.07, 6.45) is 3.77. The van der Waals surface area contributed by atoms with Gasteiger partial charge in [0.25, 0.3) is 0 Å². The molecule has 1 aliphatic carbocycles. The van der Waals surface area contributed by atoms with Crippen LogP contribution in [0.15, 0.2) is 18.2 Å². The topological polar surface area (TPSA) is 67.4 Å². The van der Waals surface area contributed by atoms with Crippen molar-refractivity contribution in [2.24, 2.45) is 0 Å². The largest absolute Gasteiger partial charge is 0.496 e. The molecule has 1 fully saturated rings. The molecule has 5 nitrogen and oxygen atoms in total. The summed E-state index contributed by atoms with van der Waals surface area (Å²) in [6, 6.07) is 5.44. The molecule has 1 aromatic rings. The van der Waals surface area contributed by atoms with Crippen LogP contribution in [0.3, 0.4) is 0 Å². The summed E-state index contributed by atoms with van der Waals surface area (Å²) in [5, 5.41) is 6.08. The molecule has 2 rings (SSSR count). The van der Waals surface area contributed by atoms with E-state index in [4.69, 9.17) is 4.74 Å². The molecule has 0 aromatic heterocycles. The molecule has 0 aliphatic heterocycles. The fraction of sp³-hybridized carbons (Fsp3) is 0.588. The minimum absolute atomic E-state index is 0.101. The number of aryl methyl sites for hydroxylation is 1. The number of anilines is 1. The van der Waals surface area contributed by atoms with E-state index in [0.29, 0.717) is 5.75 Å². The third kappa shape index (κ3) is 4.96. The highest BCUT2D eigenvalue weighted by Gasteiger charge is 2.26. The summed E-state index contributed by atoms with van der Waals surface area (Å²) >= 11 is 0. The van der Waals surface area contributed by atoms with Crippen molar-refractivity contribution in [3.8, 4) is 5.75 Å². The number of benzene rings is 1. The van der Waals surface area contributed by atoms with Crippen LogP contribution in [-0.2, 0) is 10.8 Å². The first-order chi connectivity index (χ1) is 11.0. The molecule has 0 spiro atoms. The van der Waals surface area contributed by atoms with Gasteiger partial charge in [-0.3, -0.25) is 4.21 Å². The molecule has 0 bridgehead atoms. The van der Waals surface area contributed by atoms with Gasteiger partial charge in [0.2, 0.25) is 0 Å². The minimum atomic E-state index is -0.779. The van der Waals surface area contributed by atoms with Crippen LogP contribution in [0, 0.1) is 6.92 Å². The normalized spacial score (nSPS) is 22.2. The van der Waals surface area contributed by atoms with Gasteiger partial charge in [0.1, 0.15) is 5.75 Å². The lowest BCUT2D eigenvalue weighted by Crippen LogP contribution is -2.42. The average molecular weight is 338 g/mol. The molecule has 0 radical (unpaired) electrons. The Hall–Kier alpha value is -1.56. The van der Waals surface area contributed by atoms with E-state index < -0.39 is 10.8 Å². The van der Waals surface area contributed by atoms with Gasteiger partial charge in [-0.15, -0.1) is 0 Å². The zero-order chi connectivity index (χ0) is 16.8. The molecule has 2 N–H and O–H groups in total. The molecule has 128 valence electrons. The van der Waals surface area contributed by atoms with Gasteiger partial charge in [-0.1, -0.05) is 13.3 Å². The summed E-state index contributed by atoms with van der Waals surface area (Å²) < 4.78 is 17.2. The number of rotatable bonds is 5. The Morgan fingerprint density at radius 2 is 2.17 bits per heavy atom. The van der Waals surface area contributed by atoms with Crippen LogP contribution in [0.5, 0.6) is 5.75 Å². The van der Waals surface area contributed by atoms with E-state index >= 15 is 0 Å². The first kappa shape index (κ1) is 17.8. The van der Waals surface area contributed by atoms with Crippen LogP contribution in [-0.4, -0.2) is 34.4 Å². The van der Waals surface area contributed by atoms with Crippen molar-refractivity contribution >= 4 is 22.5 Å². The molecule has 0 heterocycles. The van der Waals surface area contributed by atoms with Crippen LogP contribution >= 0.6 is 0 Å². The van der Waals surface area contributed by atoms with E-state index in [2.05, 4.69) is 10.6 Å². The number of amides is 2. The molecule has 2 amide bonds. The lowest BCUT2D eigenvalue weighted by Gasteiger charge is -2.29. The summed E-state index contributed by atoms with van der Waals surface area (Å²) in [4.78, 5) is 12.2. The lowest BCUT2D eigenvalue weighted by atomic mass is 9.95. The van der Waals surface area contributed by atoms with Gasteiger partial charge in [-0.05, 0) is 49.9 Å². The summed E-state index contributed by atoms with van der Waals surface area (Å²) in [6.45, 7) is 3.89. The van der Waals surface area contributed by atoms with Gasteiger partial charge >= 0.3 is 6.03 Å². The number of carbonyl (C=O) groups is 1. The fourth-order valence-corrected chi connectivity index (χ4v) is 4.41. The van der Waals surface area contributed by atoms with Crippen LogP contribution in [0.1, 0.15) is 38.2 Å². The fourth-order valence-electron chi connectivity index (χ4n) is 3.06. The Labute approximate surface area is 140 Å². The van der Waals surface area contributed by atoms with Gasteiger partial charge in [0.15, 0.2) is 0 Å². The highest BCUT2D eigenvalue weighted by Crippen LogP contribution is 2.24. The molecular weight excluding hydrogens is 312 g/mol. The quantitative estimate of drug-likeness (QED) is 0.866. The van der Waals surface area contributed by atoms with Gasteiger partial charge in [0, 0.05) is 33.5 Å².